The summed E-state index contributed by atoms with van der Waals surface area (Å²) < 4.78 is 9.96. The van der Waals surface area contributed by atoms with E-state index in [1.165, 1.54) is 19.1 Å². The van der Waals surface area contributed by atoms with E-state index in [-0.39, 0.29) is 12.5 Å². The predicted octanol–water partition coefficient (Wildman–Crippen LogP) is 3.03. The van der Waals surface area contributed by atoms with E-state index in [4.69, 9.17) is 4.74 Å². The number of carbonyl (C=O) groups excluding carboxylic acids is 4. The van der Waals surface area contributed by atoms with E-state index in [1.54, 1.807) is 20.8 Å². The zero-order valence-electron chi connectivity index (χ0n) is 21.8. The summed E-state index contributed by atoms with van der Waals surface area (Å²) in [5.41, 5.74) is 1.62. The van der Waals surface area contributed by atoms with Gasteiger partial charge in [0.1, 0.15) is 24.2 Å². The molecule has 3 amide bonds. The molecule has 0 aromatic heterocycles. The number of alkyl carbamates (subject to hydrolysis) is 1. The Morgan fingerprint density at radius 3 is 2.26 bits per heavy atom. The van der Waals surface area contributed by atoms with Gasteiger partial charge in [-0.15, -0.1) is 0 Å². The molecule has 0 radical (unpaired) electrons. The SMILES string of the molecule is CCC(C)C(NC(=O)OC(C)(C)C)C(=O)N(C)C(C(=O)NCC(=O)OC)c1cc(C)ccc1C. The van der Waals surface area contributed by atoms with E-state index in [0.717, 1.165) is 11.1 Å². The molecule has 3 atom stereocenters. The maximum absolute atomic E-state index is 13.6. The van der Waals surface area contributed by atoms with Crippen molar-refractivity contribution in [3.05, 3.63) is 34.9 Å². The zero-order valence-corrected chi connectivity index (χ0v) is 21.8. The maximum atomic E-state index is 13.6. The van der Waals surface area contributed by atoms with Crippen LogP contribution in [0.1, 0.15) is 63.8 Å². The molecule has 2 N–H and O–H groups in total. The lowest BCUT2D eigenvalue weighted by atomic mass is 9.94. The van der Waals surface area contributed by atoms with Gasteiger partial charge in [-0.05, 0) is 51.7 Å². The molecule has 0 aliphatic carbocycles. The summed E-state index contributed by atoms with van der Waals surface area (Å²) in [5, 5.41) is 5.23. The van der Waals surface area contributed by atoms with Gasteiger partial charge in [-0.2, -0.15) is 0 Å². The Bertz CT molecular complexity index is 893. The van der Waals surface area contributed by atoms with Crippen LogP contribution in [0.4, 0.5) is 4.79 Å². The van der Waals surface area contributed by atoms with Gasteiger partial charge >= 0.3 is 12.1 Å². The molecule has 0 spiro atoms. The molecule has 9 heteroatoms. The van der Waals surface area contributed by atoms with E-state index in [0.29, 0.717) is 12.0 Å². The minimum Gasteiger partial charge on any atom is -0.468 e. The first kappa shape index (κ1) is 28.9. The number of ether oxygens (including phenoxy) is 2. The lowest BCUT2D eigenvalue weighted by Gasteiger charge is -2.34. The number of nitrogens with zero attached hydrogens (tertiary/aromatic N) is 1. The molecule has 0 saturated carbocycles. The molecule has 9 nitrogen and oxygen atoms in total. The second-order valence-corrected chi connectivity index (χ2v) is 9.52. The van der Waals surface area contributed by atoms with Crippen molar-refractivity contribution in [2.75, 3.05) is 20.7 Å². The molecule has 1 rings (SSSR count). The number of esters is 1. The van der Waals surface area contributed by atoms with Crippen LogP contribution in [0, 0.1) is 19.8 Å². The standard InChI is InChI=1S/C25H39N3O6/c1-10-16(3)20(27-24(32)34-25(5,6)7)23(31)28(8)21(22(30)26-14-19(29)33-9)18-13-15(2)11-12-17(18)4/h11-13,16,20-21H,10,14H2,1-9H3,(H,26,30)(H,27,32). The zero-order chi connectivity index (χ0) is 26.2. The van der Waals surface area contributed by atoms with Crippen molar-refractivity contribution in [1.82, 2.24) is 15.5 Å². The first-order valence-electron chi connectivity index (χ1n) is 11.4. The van der Waals surface area contributed by atoms with Crippen LogP contribution in [0.15, 0.2) is 18.2 Å². The smallest absolute Gasteiger partial charge is 0.408 e. The van der Waals surface area contributed by atoms with Crippen molar-refractivity contribution in [2.45, 2.75) is 72.6 Å². The number of methoxy groups -OCH3 is 1. The minimum absolute atomic E-state index is 0.222. The third-order valence-corrected chi connectivity index (χ3v) is 5.50. The normalized spacial score (nSPS) is 13.8. The quantitative estimate of drug-likeness (QED) is 0.529. The van der Waals surface area contributed by atoms with Crippen LogP contribution in [0.25, 0.3) is 0 Å². The average Bonchev–Trinajstić information content (AvgIpc) is 2.75. The highest BCUT2D eigenvalue weighted by Gasteiger charge is 2.36. The summed E-state index contributed by atoms with van der Waals surface area (Å²) >= 11 is 0. The molecule has 0 fully saturated rings. The highest BCUT2D eigenvalue weighted by atomic mass is 16.6. The first-order chi connectivity index (χ1) is 15.7. The summed E-state index contributed by atoms with van der Waals surface area (Å²) in [6.45, 7) is 12.4. The fraction of sp³-hybridized carbons (Fsp3) is 0.600. The molecule has 34 heavy (non-hydrogen) atoms. The summed E-state index contributed by atoms with van der Waals surface area (Å²) in [6, 6.07) is 3.68. The van der Waals surface area contributed by atoms with E-state index < -0.39 is 41.6 Å². The molecule has 0 aliphatic rings. The van der Waals surface area contributed by atoms with Crippen LogP contribution >= 0.6 is 0 Å². The summed E-state index contributed by atoms with van der Waals surface area (Å²) in [7, 11) is 2.74. The molecule has 0 saturated heterocycles. The van der Waals surface area contributed by atoms with Crippen LogP contribution < -0.4 is 10.6 Å². The van der Waals surface area contributed by atoms with Crippen molar-refractivity contribution >= 4 is 23.9 Å². The van der Waals surface area contributed by atoms with Crippen LogP contribution in [-0.2, 0) is 23.9 Å². The van der Waals surface area contributed by atoms with Gasteiger partial charge in [0.15, 0.2) is 0 Å². The van der Waals surface area contributed by atoms with Gasteiger partial charge < -0.3 is 25.0 Å². The van der Waals surface area contributed by atoms with Crippen LogP contribution in [-0.4, -0.2) is 61.1 Å². The number of rotatable bonds is 9. The van der Waals surface area contributed by atoms with Gasteiger partial charge in [-0.1, -0.05) is 44.0 Å². The molecule has 1 aromatic rings. The van der Waals surface area contributed by atoms with Gasteiger partial charge in [0.05, 0.1) is 7.11 Å². The Morgan fingerprint density at radius 1 is 1.12 bits per heavy atom. The van der Waals surface area contributed by atoms with E-state index in [2.05, 4.69) is 15.4 Å². The topological polar surface area (TPSA) is 114 Å². The molecule has 0 heterocycles. The number of hydrogen-bond acceptors (Lipinski definition) is 6. The van der Waals surface area contributed by atoms with E-state index in [1.807, 2.05) is 45.9 Å². The summed E-state index contributed by atoms with van der Waals surface area (Å²) in [5.74, 6) is -1.81. The van der Waals surface area contributed by atoms with Crippen molar-refractivity contribution in [2.24, 2.45) is 5.92 Å². The summed E-state index contributed by atoms with van der Waals surface area (Å²) in [4.78, 5) is 52.2. The Hall–Kier alpha value is -3.10. The lowest BCUT2D eigenvalue weighted by Crippen LogP contribution is -2.54. The van der Waals surface area contributed by atoms with Gasteiger partial charge in [-0.25, -0.2) is 4.79 Å². The Morgan fingerprint density at radius 2 is 1.74 bits per heavy atom. The Balaban J connectivity index is 3.35. The van der Waals surface area contributed by atoms with Crippen LogP contribution in [0.3, 0.4) is 0 Å². The predicted molar refractivity (Wildman–Crippen MR) is 129 cm³/mol. The second kappa shape index (κ2) is 12.4. The minimum atomic E-state index is -1.02. The van der Waals surface area contributed by atoms with Gasteiger partial charge in [0.25, 0.3) is 0 Å². The van der Waals surface area contributed by atoms with Crippen LogP contribution in [0.5, 0.6) is 0 Å². The van der Waals surface area contributed by atoms with Gasteiger partial charge in [0, 0.05) is 7.05 Å². The van der Waals surface area contributed by atoms with Gasteiger partial charge in [0.2, 0.25) is 11.8 Å². The molecule has 0 aliphatic heterocycles. The van der Waals surface area contributed by atoms with Crippen LogP contribution in [0.2, 0.25) is 0 Å². The lowest BCUT2D eigenvalue weighted by molar-refractivity contribution is -0.144. The molecule has 1 aromatic carbocycles. The Labute approximate surface area is 202 Å². The number of amides is 3. The van der Waals surface area contributed by atoms with Crippen molar-refractivity contribution < 1.29 is 28.7 Å². The average molecular weight is 478 g/mol. The third-order valence-electron chi connectivity index (χ3n) is 5.50. The second-order valence-electron chi connectivity index (χ2n) is 9.52. The number of aryl methyl sites for hydroxylation is 2. The fourth-order valence-corrected chi connectivity index (χ4v) is 3.37. The number of nitrogens with one attached hydrogen (secondary N) is 2. The molecule has 190 valence electrons. The molecule has 3 unspecified atom stereocenters. The maximum Gasteiger partial charge on any atom is 0.408 e. The number of likely N-dealkylation sites (N-methyl/N-ethyl adjacent to an activating group) is 1. The first-order valence-corrected chi connectivity index (χ1v) is 11.4. The van der Waals surface area contributed by atoms with Crippen molar-refractivity contribution in [3.8, 4) is 0 Å². The summed E-state index contributed by atoms with van der Waals surface area (Å²) in [6.07, 6.45) is -0.0964. The Kier molecular flexibility index (Phi) is 10.5. The number of hydrogen-bond donors (Lipinski definition) is 2. The monoisotopic (exact) mass is 477 g/mol. The highest BCUT2D eigenvalue weighted by molar-refractivity contribution is 5.93. The highest BCUT2D eigenvalue weighted by Crippen LogP contribution is 2.26. The number of carbonyl (C=O) groups is 4. The molecule has 0 bridgehead atoms. The van der Waals surface area contributed by atoms with E-state index >= 15 is 0 Å². The fourth-order valence-electron chi connectivity index (χ4n) is 3.37. The number of benzene rings is 1. The third kappa shape index (κ3) is 8.35. The van der Waals surface area contributed by atoms with Crippen molar-refractivity contribution in [1.29, 1.82) is 0 Å². The molecular formula is C25H39N3O6. The largest absolute Gasteiger partial charge is 0.468 e. The van der Waals surface area contributed by atoms with Gasteiger partial charge in [-0.3, -0.25) is 14.4 Å². The van der Waals surface area contributed by atoms with E-state index in [9.17, 15) is 19.2 Å². The molecular weight excluding hydrogens is 438 g/mol. The van der Waals surface area contributed by atoms with Crippen molar-refractivity contribution in [3.63, 3.8) is 0 Å².